The number of aromatic nitrogens is 1. The molecule has 0 unspecified atom stereocenters. The van der Waals surface area contributed by atoms with E-state index < -0.39 is 5.82 Å². The number of carbonyl (C=O) groups excluding carboxylic acids is 1. The van der Waals surface area contributed by atoms with Gasteiger partial charge in [0.2, 0.25) is 0 Å². The minimum atomic E-state index is -0.476. The number of nitrogens with zero attached hydrogens (tertiary/aromatic N) is 1. The average Bonchev–Trinajstić information content (AvgIpc) is 3.14. The topological polar surface area (TPSA) is 51.2 Å². The molecule has 0 amide bonds. The minimum Gasteiger partial charge on any atom is -0.494 e. The Hall–Kier alpha value is -2.28. The van der Waals surface area contributed by atoms with Gasteiger partial charge in [-0.25, -0.2) is 9.37 Å². The third-order valence-electron chi connectivity index (χ3n) is 4.74. The zero-order chi connectivity index (χ0) is 19.7. The highest BCUT2D eigenvalue weighted by molar-refractivity contribution is 7.13. The van der Waals surface area contributed by atoms with E-state index in [4.69, 9.17) is 16.3 Å². The lowest BCUT2D eigenvalue weighted by atomic mass is 9.99. The van der Waals surface area contributed by atoms with Crippen LogP contribution < -0.4 is 10.1 Å². The molecule has 28 heavy (non-hydrogen) atoms. The Morgan fingerprint density at radius 2 is 2.07 bits per heavy atom. The number of halogens is 2. The van der Waals surface area contributed by atoms with Crippen LogP contribution in [0.25, 0.3) is 11.1 Å². The van der Waals surface area contributed by atoms with Crippen LogP contribution >= 0.6 is 22.9 Å². The quantitative estimate of drug-likeness (QED) is 0.613. The Balaban J connectivity index is 1.64. The maximum Gasteiger partial charge on any atom is 0.195 e. The molecule has 4 rings (SSSR count). The Kier molecular flexibility index (Phi) is 5.44. The molecule has 1 aliphatic heterocycles. The molecule has 144 valence electrons. The van der Waals surface area contributed by atoms with E-state index in [2.05, 4.69) is 10.3 Å². The summed E-state index contributed by atoms with van der Waals surface area (Å²) in [6, 6.07) is 10.2. The number of carbonyl (C=O) groups is 1. The summed E-state index contributed by atoms with van der Waals surface area (Å²) in [7, 11) is 1.42. The van der Waals surface area contributed by atoms with Gasteiger partial charge in [-0.2, -0.15) is 0 Å². The number of hydrogen-bond acceptors (Lipinski definition) is 5. The number of ether oxygens (including phenoxy) is 1. The normalized spacial score (nSPS) is 13.2. The molecule has 4 nitrogen and oxygen atoms in total. The van der Waals surface area contributed by atoms with Gasteiger partial charge in [-0.05, 0) is 11.6 Å². The predicted octanol–water partition coefficient (Wildman–Crippen LogP) is 4.68. The molecule has 1 aromatic heterocycles. The zero-order valence-corrected chi connectivity index (χ0v) is 16.8. The summed E-state index contributed by atoms with van der Waals surface area (Å²) in [6.07, 6.45) is 0.961. The Morgan fingerprint density at radius 1 is 1.29 bits per heavy atom. The summed E-state index contributed by atoms with van der Waals surface area (Å²) < 4.78 is 19.7. The lowest BCUT2D eigenvalue weighted by Crippen LogP contribution is -2.22. The van der Waals surface area contributed by atoms with Gasteiger partial charge in [0.25, 0.3) is 0 Å². The fourth-order valence-corrected chi connectivity index (χ4v) is 4.60. The summed E-state index contributed by atoms with van der Waals surface area (Å²) in [5.74, 6) is -0.405. The van der Waals surface area contributed by atoms with Gasteiger partial charge in [0.15, 0.2) is 22.4 Å². The number of fused-ring (bicyclic) bond motifs is 1. The molecule has 1 N–H and O–H groups in total. The maximum atomic E-state index is 14.7. The standard InChI is InChI=1S/C21H18ClFN2O2S/c1-27-17-7-3-6-14(20(17)23)13-5-2-4-12(19(13)22)10-16(26)21-25-15-8-9-24-11-18(15)28-21/h2-7,24H,8-11H2,1H3. The maximum absolute atomic E-state index is 14.7. The molecule has 2 aromatic carbocycles. The Morgan fingerprint density at radius 3 is 2.86 bits per heavy atom. The fraction of sp³-hybridized carbons (Fsp3) is 0.238. The van der Waals surface area contributed by atoms with E-state index in [1.165, 1.54) is 18.4 Å². The van der Waals surface area contributed by atoms with E-state index in [0.717, 1.165) is 30.1 Å². The van der Waals surface area contributed by atoms with E-state index in [1.807, 2.05) is 0 Å². The number of nitrogens with one attached hydrogen (secondary N) is 1. The van der Waals surface area contributed by atoms with Crippen molar-refractivity contribution < 1.29 is 13.9 Å². The Bertz CT molecular complexity index is 1030. The number of methoxy groups -OCH3 is 1. The van der Waals surface area contributed by atoms with Crippen molar-refractivity contribution in [3.05, 3.63) is 68.4 Å². The van der Waals surface area contributed by atoms with Gasteiger partial charge in [0.1, 0.15) is 0 Å². The highest BCUT2D eigenvalue weighted by Crippen LogP contribution is 2.36. The van der Waals surface area contributed by atoms with Gasteiger partial charge in [-0.15, -0.1) is 11.3 Å². The molecule has 0 bridgehead atoms. The van der Waals surface area contributed by atoms with E-state index in [0.29, 0.717) is 26.7 Å². The van der Waals surface area contributed by atoms with Crippen LogP contribution in [0.4, 0.5) is 4.39 Å². The second-order valence-electron chi connectivity index (χ2n) is 6.52. The van der Waals surface area contributed by atoms with Crippen LogP contribution in [0, 0.1) is 5.82 Å². The first-order chi connectivity index (χ1) is 13.6. The Labute approximate surface area is 171 Å². The summed E-state index contributed by atoms with van der Waals surface area (Å²) in [5.41, 5.74) is 2.53. The molecule has 0 atom stereocenters. The third-order valence-corrected chi connectivity index (χ3v) is 6.33. The lowest BCUT2D eigenvalue weighted by molar-refractivity contribution is 0.0992. The second-order valence-corrected chi connectivity index (χ2v) is 7.98. The van der Waals surface area contributed by atoms with E-state index in [9.17, 15) is 9.18 Å². The molecule has 0 aliphatic carbocycles. The molecule has 0 spiro atoms. The van der Waals surface area contributed by atoms with Crippen molar-refractivity contribution in [2.75, 3.05) is 13.7 Å². The molecular formula is C21H18ClFN2O2S. The molecule has 0 fully saturated rings. The minimum absolute atomic E-state index is 0.0791. The molecule has 1 aliphatic rings. The smallest absolute Gasteiger partial charge is 0.195 e. The van der Waals surface area contributed by atoms with Crippen molar-refractivity contribution in [3.8, 4) is 16.9 Å². The lowest BCUT2D eigenvalue weighted by Gasteiger charge is -2.11. The number of hydrogen-bond donors (Lipinski definition) is 1. The van der Waals surface area contributed by atoms with Crippen LogP contribution in [0.1, 0.15) is 25.9 Å². The van der Waals surface area contributed by atoms with Gasteiger partial charge in [-0.1, -0.05) is 41.9 Å². The molecule has 0 saturated heterocycles. The molecule has 0 radical (unpaired) electrons. The van der Waals surface area contributed by atoms with E-state index >= 15 is 0 Å². The van der Waals surface area contributed by atoms with Crippen molar-refractivity contribution in [2.45, 2.75) is 19.4 Å². The highest BCUT2D eigenvalue weighted by Gasteiger charge is 2.21. The van der Waals surface area contributed by atoms with Crippen LogP contribution in [-0.4, -0.2) is 24.4 Å². The second kappa shape index (κ2) is 7.99. The molecule has 2 heterocycles. The summed E-state index contributed by atoms with van der Waals surface area (Å²) in [5, 5.41) is 4.15. The van der Waals surface area contributed by atoms with Crippen molar-refractivity contribution in [3.63, 3.8) is 0 Å². The van der Waals surface area contributed by atoms with Crippen LogP contribution in [0.3, 0.4) is 0 Å². The highest BCUT2D eigenvalue weighted by atomic mass is 35.5. The van der Waals surface area contributed by atoms with Gasteiger partial charge < -0.3 is 10.1 Å². The monoisotopic (exact) mass is 416 g/mol. The fourth-order valence-electron chi connectivity index (χ4n) is 3.29. The largest absolute Gasteiger partial charge is 0.494 e. The molecule has 0 saturated carbocycles. The number of rotatable bonds is 5. The van der Waals surface area contributed by atoms with Crippen molar-refractivity contribution in [1.82, 2.24) is 10.3 Å². The van der Waals surface area contributed by atoms with Gasteiger partial charge in [0.05, 0.1) is 17.8 Å². The molecule has 3 aromatic rings. The van der Waals surface area contributed by atoms with Crippen LogP contribution in [0.5, 0.6) is 5.75 Å². The SMILES string of the molecule is COc1cccc(-c2cccc(CC(=O)c3nc4c(s3)CNCC4)c2Cl)c1F. The summed E-state index contributed by atoms with van der Waals surface area (Å²) in [4.78, 5) is 18.4. The van der Waals surface area contributed by atoms with Crippen molar-refractivity contribution in [1.29, 1.82) is 0 Å². The van der Waals surface area contributed by atoms with Gasteiger partial charge in [0, 0.05) is 41.9 Å². The van der Waals surface area contributed by atoms with Crippen LogP contribution in [0.15, 0.2) is 36.4 Å². The van der Waals surface area contributed by atoms with E-state index in [1.54, 1.807) is 36.4 Å². The summed E-state index contributed by atoms with van der Waals surface area (Å²) in [6.45, 7) is 1.63. The predicted molar refractivity (Wildman–Crippen MR) is 109 cm³/mol. The van der Waals surface area contributed by atoms with Gasteiger partial charge >= 0.3 is 0 Å². The van der Waals surface area contributed by atoms with E-state index in [-0.39, 0.29) is 18.0 Å². The van der Waals surface area contributed by atoms with Crippen LogP contribution in [-0.2, 0) is 19.4 Å². The summed E-state index contributed by atoms with van der Waals surface area (Å²) >= 11 is 7.99. The number of benzene rings is 2. The first kappa shape index (κ1) is 19.1. The first-order valence-electron chi connectivity index (χ1n) is 8.91. The number of ketones is 1. The zero-order valence-electron chi connectivity index (χ0n) is 15.2. The van der Waals surface area contributed by atoms with Crippen molar-refractivity contribution >= 4 is 28.7 Å². The average molecular weight is 417 g/mol. The molecular weight excluding hydrogens is 399 g/mol. The number of thiazole rings is 1. The third kappa shape index (κ3) is 3.55. The number of Topliss-reactive ketones (excluding diaryl/α,β-unsaturated/α-hetero) is 1. The van der Waals surface area contributed by atoms with Gasteiger partial charge in [-0.3, -0.25) is 4.79 Å². The molecule has 7 heteroatoms. The van der Waals surface area contributed by atoms with Crippen molar-refractivity contribution in [2.24, 2.45) is 0 Å². The first-order valence-corrected chi connectivity index (χ1v) is 10.1. The van der Waals surface area contributed by atoms with Crippen LogP contribution in [0.2, 0.25) is 5.02 Å².